The molecule has 5 nitrogen and oxygen atoms in total. The number of aryl methyl sites for hydroxylation is 1. The Morgan fingerprint density at radius 2 is 2.14 bits per heavy atom. The number of nitrogens with one attached hydrogen (secondary N) is 1. The smallest absolute Gasteiger partial charge is 0.262 e. The molecular weight excluding hydrogens is 275 g/mol. The molecule has 0 amide bonds. The maximum Gasteiger partial charge on any atom is 0.262 e. The first-order valence-corrected chi connectivity index (χ1v) is 6.20. The monoisotopic (exact) mass is 286 g/mol. The van der Waals surface area contributed by atoms with Crippen LogP contribution < -0.4 is 5.56 Å². The van der Waals surface area contributed by atoms with Crippen molar-refractivity contribution in [2.24, 2.45) is 0 Å². The van der Waals surface area contributed by atoms with Crippen LogP contribution >= 0.6 is 0 Å². The predicted molar refractivity (Wildman–Crippen MR) is 74.4 cm³/mol. The SMILES string of the molecule is Cc1occc1-c1nc(O)c(-c2cccc(F)c2)c(=O)[nH]1. The van der Waals surface area contributed by atoms with Gasteiger partial charge in [-0.25, -0.2) is 4.39 Å². The fraction of sp³-hybridized carbons (Fsp3) is 0.0667. The van der Waals surface area contributed by atoms with Crippen molar-refractivity contribution in [2.45, 2.75) is 6.92 Å². The first-order valence-electron chi connectivity index (χ1n) is 6.20. The third kappa shape index (κ3) is 2.31. The van der Waals surface area contributed by atoms with Gasteiger partial charge in [0.1, 0.15) is 23.0 Å². The number of halogens is 1. The van der Waals surface area contributed by atoms with Crippen LogP contribution in [0.5, 0.6) is 5.88 Å². The number of hydrogen-bond acceptors (Lipinski definition) is 4. The molecule has 106 valence electrons. The van der Waals surface area contributed by atoms with Crippen molar-refractivity contribution in [3.8, 4) is 28.4 Å². The van der Waals surface area contributed by atoms with E-state index < -0.39 is 17.3 Å². The molecule has 0 aliphatic heterocycles. The van der Waals surface area contributed by atoms with Gasteiger partial charge in [0.25, 0.3) is 5.56 Å². The molecular formula is C15H11FN2O3. The number of rotatable bonds is 2. The second-order valence-electron chi connectivity index (χ2n) is 4.51. The zero-order valence-electron chi connectivity index (χ0n) is 11.1. The van der Waals surface area contributed by atoms with Gasteiger partial charge in [0.05, 0.1) is 11.8 Å². The summed E-state index contributed by atoms with van der Waals surface area (Å²) in [6.07, 6.45) is 1.46. The molecule has 2 N–H and O–H groups in total. The van der Waals surface area contributed by atoms with Crippen molar-refractivity contribution < 1.29 is 13.9 Å². The fourth-order valence-corrected chi connectivity index (χ4v) is 2.12. The molecule has 21 heavy (non-hydrogen) atoms. The summed E-state index contributed by atoms with van der Waals surface area (Å²) >= 11 is 0. The second kappa shape index (κ2) is 4.90. The summed E-state index contributed by atoms with van der Waals surface area (Å²) in [5.41, 5.74) is 0.216. The Morgan fingerprint density at radius 1 is 1.33 bits per heavy atom. The minimum atomic E-state index is -0.552. The number of aromatic hydroxyl groups is 1. The Morgan fingerprint density at radius 3 is 2.76 bits per heavy atom. The van der Waals surface area contributed by atoms with E-state index in [1.165, 1.54) is 24.5 Å². The molecule has 0 aliphatic rings. The van der Waals surface area contributed by atoms with E-state index in [0.29, 0.717) is 11.3 Å². The van der Waals surface area contributed by atoms with Crippen LogP contribution in [-0.2, 0) is 0 Å². The quantitative estimate of drug-likeness (QED) is 0.759. The first kappa shape index (κ1) is 13.1. The van der Waals surface area contributed by atoms with Gasteiger partial charge >= 0.3 is 0 Å². The summed E-state index contributed by atoms with van der Waals surface area (Å²) in [6.45, 7) is 1.72. The Kier molecular flexibility index (Phi) is 3.06. The minimum absolute atomic E-state index is 0.0700. The lowest BCUT2D eigenvalue weighted by Crippen LogP contribution is -2.12. The Hall–Kier alpha value is -2.89. The Balaban J connectivity index is 2.18. The number of benzene rings is 1. The maximum absolute atomic E-state index is 13.2. The van der Waals surface area contributed by atoms with Crippen LogP contribution in [-0.4, -0.2) is 15.1 Å². The Labute approximate surface area is 118 Å². The van der Waals surface area contributed by atoms with Gasteiger partial charge in [-0.1, -0.05) is 12.1 Å². The molecule has 0 atom stereocenters. The van der Waals surface area contributed by atoms with E-state index in [0.717, 1.165) is 6.07 Å². The summed E-state index contributed by atoms with van der Waals surface area (Å²) in [6, 6.07) is 7.03. The van der Waals surface area contributed by atoms with Crippen molar-refractivity contribution in [3.63, 3.8) is 0 Å². The van der Waals surface area contributed by atoms with Crippen LogP contribution in [0.3, 0.4) is 0 Å². The average molecular weight is 286 g/mol. The molecule has 0 unspecified atom stereocenters. The summed E-state index contributed by atoms with van der Waals surface area (Å²) < 4.78 is 18.4. The third-order valence-corrected chi connectivity index (χ3v) is 3.13. The first-order chi connectivity index (χ1) is 10.1. The second-order valence-corrected chi connectivity index (χ2v) is 4.51. The molecule has 2 heterocycles. The number of hydrogen-bond donors (Lipinski definition) is 2. The van der Waals surface area contributed by atoms with Gasteiger partial charge in [-0.2, -0.15) is 4.98 Å². The van der Waals surface area contributed by atoms with Gasteiger partial charge in [0.15, 0.2) is 0 Å². The highest BCUT2D eigenvalue weighted by Crippen LogP contribution is 2.27. The molecule has 0 aliphatic carbocycles. The molecule has 0 saturated carbocycles. The van der Waals surface area contributed by atoms with Crippen molar-refractivity contribution in [2.75, 3.05) is 0 Å². The van der Waals surface area contributed by atoms with Crippen molar-refractivity contribution in [1.82, 2.24) is 9.97 Å². The minimum Gasteiger partial charge on any atom is -0.493 e. The highest BCUT2D eigenvalue weighted by atomic mass is 19.1. The number of H-pyrrole nitrogens is 1. The van der Waals surface area contributed by atoms with Crippen molar-refractivity contribution in [1.29, 1.82) is 0 Å². The van der Waals surface area contributed by atoms with Crippen LogP contribution in [0.1, 0.15) is 5.76 Å². The topological polar surface area (TPSA) is 79.1 Å². The van der Waals surface area contributed by atoms with Gasteiger partial charge < -0.3 is 14.5 Å². The standard InChI is InChI=1S/C15H11FN2O3/c1-8-11(5-6-21-8)13-17-14(19)12(15(20)18-13)9-3-2-4-10(16)7-9/h2-7H,1H3,(H2,17,18,19,20). The lowest BCUT2D eigenvalue weighted by Gasteiger charge is -2.06. The van der Waals surface area contributed by atoms with E-state index in [1.807, 2.05) is 0 Å². The van der Waals surface area contributed by atoms with E-state index in [9.17, 15) is 14.3 Å². The summed E-state index contributed by atoms with van der Waals surface area (Å²) in [5, 5.41) is 10.0. The van der Waals surface area contributed by atoms with Gasteiger partial charge in [0.2, 0.25) is 5.88 Å². The summed E-state index contributed by atoms with van der Waals surface area (Å²) in [4.78, 5) is 18.7. The van der Waals surface area contributed by atoms with Crippen LogP contribution in [0.25, 0.3) is 22.5 Å². The number of furan rings is 1. The highest BCUT2D eigenvalue weighted by Gasteiger charge is 2.16. The molecule has 0 saturated heterocycles. The van der Waals surface area contributed by atoms with Crippen LogP contribution in [0.4, 0.5) is 4.39 Å². The molecule has 2 aromatic heterocycles. The molecule has 0 fully saturated rings. The highest BCUT2D eigenvalue weighted by molar-refractivity contribution is 5.69. The van der Waals surface area contributed by atoms with Crippen LogP contribution in [0.2, 0.25) is 0 Å². The molecule has 0 radical (unpaired) electrons. The zero-order chi connectivity index (χ0) is 15.0. The van der Waals surface area contributed by atoms with E-state index in [-0.39, 0.29) is 17.0 Å². The molecule has 3 rings (SSSR count). The average Bonchev–Trinajstić information content (AvgIpc) is 2.84. The molecule has 0 bridgehead atoms. The fourth-order valence-electron chi connectivity index (χ4n) is 2.12. The van der Waals surface area contributed by atoms with E-state index in [1.54, 1.807) is 13.0 Å². The van der Waals surface area contributed by atoms with E-state index >= 15 is 0 Å². The van der Waals surface area contributed by atoms with Crippen molar-refractivity contribution >= 4 is 0 Å². The van der Waals surface area contributed by atoms with Gasteiger partial charge in [-0.05, 0) is 30.7 Å². The van der Waals surface area contributed by atoms with E-state index in [2.05, 4.69) is 9.97 Å². The van der Waals surface area contributed by atoms with Crippen molar-refractivity contribution in [3.05, 3.63) is 58.5 Å². The van der Waals surface area contributed by atoms with Gasteiger partial charge in [-0.15, -0.1) is 0 Å². The van der Waals surface area contributed by atoms with Crippen LogP contribution in [0, 0.1) is 12.7 Å². The number of aromatic nitrogens is 2. The number of nitrogens with zero attached hydrogens (tertiary/aromatic N) is 1. The zero-order valence-corrected chi connectivity index (χ0v) is 11.1. The number of aromatic amines is 1. The largest absolute Gasteiger partial charge is 0.493 e. The molecule has 3 aromatic rings. The maximum atomic E-state index is 13.2. The Bertz CT molecular complexity index is 867. The molecule has 1 aromatic carbocycles. The summed E-state index contributed by atoms with van der Waals surface area (Å²) in [7, 11) is 0. The lowest BCUT2D eigenvalue weighted by molar-refractivity contribution is 0.454. The lowest BCUT2D eigenvalue weighted by atomic mass is 10.1. The van der Waals surface area contributed by atoms with Crippen LogP contribution in [0.15, 0.2) is 45.8 Å². The van der Waals surface area contributed by atoms with Gasteiger partial charge in [0, 0.05) is 0 Å². The molecule has 0 spiro atoms. The molecule has 6 heteroatoms. The van der Waals surface area contributed by atoms with E-state index in [4.69, 9.17) is 4.42 Å². The normalized spacial score (nSPS) is 10.8. The third-order valence-electron chi connectivity index (χ3n) is 3.13. The predicted octanol–water partition coefficient (Wildman–Crippen LogP) is 2.85. The summed E-state index contributed by atoms with van der Waals surface area (Å²) in [5.74, 6) is -0.194. The van der Waals surface area contributed by atoms with Gasteiger partial charge in [-0.3, -0.25) is 4.79 Å².